The van der Waals surface area contributed by atoms with E-state index in [-0.39, 0.29) is 31.1 Å². The molecule has 2 rings (SSSR count). The topological polar surface area (TPSA) is 28.7 Å². The first kappa shape index (κ1) is 15.0. The number of imidazole rings is 1. The molecule has 0 fully saturated rings. The Morgan fingerprint density at radius 2 is 1.63 bits per heavy atom. The minimum atomic E-state index is -4.56. The minimum absolute atomic E-state index is 0.0918. The van der Waals surface area contributed by atoms with E-state index < -0.39 is 11.9 Å². The van der Waals surface area contributed by atoms with Gasteiger partial charge in [0, 0.05) is 5.02 Å². The highest BCUT2D eigenvalue weighted by molar-refractivity contribution is 9.10. The fraction of sp³-hybridized carbons (Fsp3) is 0.100. The highest BCUT2D eigenvalue weighted by Crippen LogP contribution is 2.39. The van der Waals surface area contributed by atoms with Gasteiger partial charge in [-0.1, -0.05) is 34.8 Å². The van der Waals surface area contributed by atoms with Gasteiger partial charge in [0.2, 0.25) is 0 Å². The zero-order chi connectivity index (χ0) is 14.4. The number of aromatic nitrogens is 2. The summed E-state index contributed by atoms with van der Waals surface area (Å²) in [5, 5.41) is 0.486. The van der Waals surface area contributed by atoms with Gasteiger partial charge in [-0.05, 0) is 28.1 Å². The first-order valence-electron chi connectivity index (χ1n) is 4.67. The standard InChI is InChI=1S/C10H3BrCl3F3N2/c11-8-7(10(15,16)17)18-9(19-8)6-4(13)1-3(12)2-5(6)14/h1-2H,(H,18,19). The van der Waals surface area contributed by atoms with Gasteiger partial charge in [0.25, 0.3) is 0 Å². The molecule has 1 heterocycles. The summed E-state index contributed by atoms with van der Waals surface area (Å²) in [6.07, 6.45) is -4.56. The molecule has 0 saturated carbocycles. The number of hydrogen-bond acceptors (Lipinski definition) is 1. The third kappa shape index (κ3) is 3.02. The van der Waals surface area contributed by atoms with Crippen LogP contribution in [0.4, 0.5) is 13.2 Å². The molecule has 2 aromatic rings. The molecule has 0 amide bonds. The van der Waals surface area contributed by atoms with Crippen LogP contribution in [0, 0.1) is 0 Å². The number of alkyl halides is 3. The van der Waals surface area contributed by atoms with Crippen LogP contribution in [0.15, 0.2) is 16.7 Å². The van der Waals surface area contributed by atoms with Crippen LogP contribution < -0.4 is 0 Å². The number of H-pyrrole nitrogens is 1. The second kappa shape index (κ2) is 5.16. The normalized spacial score (nSPS) is 11.9. The fourth-order valence-electron chi connectivity index (χ4n) is 1.43. The molecule has 0 saturated heterocycles. The number of benzene rings is 1. The third-order valence-corrected chi connectivity index (χ3v) is 3.58. The van der Waals surface area contributed by atoms with Gasteiger partial charge in [0.05, 0.1) is 15.6 Å². The van der Waals surface area contributed by atoms with Crippen LogP contribution in [0.1, 0.15) is 5.69 Å². The van der Waals surface area contributed by atoms with E-state index in [4.69, 9.17) is 34.8 Å². The molecule has 102 valence electrons. The quantitative estimate of drug-likeness (QED) is 0.649. The largest absolute Gasteiger partial charge is 0.433 e. The van der Waals surface area contributed by atoms with Crippen molar-refractivity contribution >= 4 is 50.7 Å². The molecule has 2 nitrogen and oxygen atoms in total. The molecule has 1 aromatic heterocycles. The molecule has 0 radical (unpaired) electrons. The summed E-state index contributed by atoms with van der Waals surface area (Å²) in [6.45, 7) is 0. The first-order chi connectivity index (χ1) is 8.70. The third-order valence-electron chi connectivity index (χ3n) is 2.19. The Kier molecular flexibility index (Phi) is 4.07. The van der Waals surface area contributed by atoms with Gasteiger partial charge in [0.1, 0.15) is 10.4 Å². The summed E-state index contributed by atoms with van der Waals surface area (Å²) >= 11 is 20.3. The maximum Gasteiger partial charge on any atom is 0.433 e. The van der Waals surface area contributed by atoms with Gasteiger partial charge >= 0.3 is 6.18 Å². The van der Waals surface area contributed by atoms with E-state index in [0.717, 1.165) is 0 Å². The summed E-state index contributed by atoms with van der Waals surface area (Å²) < 4.78 is 37.6. The predicted octanol–water partition coefficient (Wildman–Crippen LogP) is 5.82. The van der Waals surface area contributed by atoms with Gasteiger partial charge in [-0.15, -0.1) is 0 Å². The summed E-state index contributed by atoms with van der Waals surface area (Å²) in [5.41, 5.74) is -0.853. The SMILES string of the molecule is FC(F)(F)c1[nH]c(-c2c(Cl)cc(Cl)cc2Cl)nc1Br. The van der Waals surface area contributed by atoms with E-state index in [1.807, 2.05) is 0 Å². The summed E-state index contributed by atoms with van der Waals surface area (Å²) in [6, 6.07) is 2.74. The van der Waals surface area contributed by atoms with Crippen molar-refractivity contribution in [2.75, 3.05) is 0 Å². The van der Waals surface area contributed by atoms with Crippen LogP contribution in [0.25, 0.3) is 11.4 Å². The number of nitrogens with zero attached hydrogens (tertiary/aromatic N) is 1. The highest BCUT2D eigenvalue weighted by Gasteiger charge is 2.36. The molecule has 1 N–H and O–H groups in total. The van der Waals surface area contributed by atoms with E-state index in [1.54, 1.807) is 0 Å². The Hall–Kier alpha value is -0.430. The molecule has 0 bridgehead atoms. The lowest BCUT2D eigenvalue weighted by Gasteiger charge is -2.05. The summed E-state index contributed by atoms with van der Waals surface area (Å²) in [5.74, 6) is -0.0918. The van der Waals surface area contributed by atoms with Gasteiger partial charge in [-0.25, -0.2) is 4.98 Å². The van der Waals surface area contributed by atoms with E-state index in [1.165, 1.54) is 12.1 Å². The molecule has 1 aromatic carbocycles. The van der Waals surface area contributed by atoms with E-state index in [0.29, 0.717) is 0 Å². The average molecular weight is 394 g/mol. The molecule has 19 heavy (non-hydrogen) atoms. The predicted molar refractivity (Wildman–Crippen MR) is 71.8 cm³/mol. The molecule has 0 aliphatic heterocycles. The summed E-state index contributed by atoms with van der Waals surface area (Å²) in [4.78, 5) is 5.87. The number of hydrogen-bond donors (Lipinski definition) is 1. The molecule has 0 unspecified atom stereocenters. The lowest BCUT2D eigenvalue weighted by molar-refractivity contribution is -0.141. The number of aromatic amines is 1. The van der Waals surface area contributed by atoms with Crippen LogP contribution in [0.2, 0.25) is 15.1 Å². The van der Waals surface area contributed by atoms with Gasteiger partial charge < -0.3 is 4.98 Å². The van der Waals surface area contributed by atoms with Crippen LogP contribution >= 0.6 is 50.7 Å². The fourth-order valence-corrected chi connectivity index (χ4v) is 2.92. The molecule has 9 heteroatoms. The molecule has 0 aliphatic rings. The molecule has 0 atom stereocenters. The van der Waals surface area contributed by atoms with Crippen LogP contribution in [0.3, 0.4) is 0 Å². The van der Waals surface area contributed by atoms with Crippen molar-refractivity contribution in [3.05, 3.63) is 37.5 Å². The van der Waals surface area contributed by atoms with Crippen molar-refractivity contribution in [2.45, 2.75) is 6.18 Å². The van der Waals surface area contributed by atoms with Crippen LogP contribution in [0.5, 0.6) is 0 Å². The Bertz CT molecular complexity index is 616. The minimum Gasteiger partial charge on any atom is -0.333 e. The van der Waals surface area contributed by atoms with E-state index in [9.17, 15) is 13.2 Å². The molecular formula is C10H3BrCl3F3N2. The second-order valence-corrected chi connectivity index (χ2v) is 5.50. The smallest absolute Gasteiger partial charge is 0.333 e. The van der Waals surface area contributed by atoms with Gasteiger partial charge in [-0.3, -0.25) is 0 Å². The molecular weight excluding hydrogens is 391 g/mol. The molecule has 0 spiro atoms. The Morgan fingerprint density at radius 1 is 1.11 bits per heavy atom. The zero-order valence-corrected chi connectivity index (χ0v) is 12.6. The van der Waals surface area contributed by atoms with Gasteiger partial charge in [0.15, 0.2) is 5.69 Å². The lowest BCUT2D eigenvalue weighted by atomic mass is 10.2. The van der Waals surface area contributed by atoms with Crippen LogP contribution in [-0.4, -0.2) is 9.97 Å². The monoisotopic (exact) mass is 392 g/mol. The number of nitrogens with one attached hydrogen (secondary N) is 1. The van der Waals surface area contributed by atoms with Crippen molar-refractivity contribution in [1.82, 2.24) is 9.97 Å². The highest BCUT2D eigenvalue weighted by atomic mass is 79.9. The number of halogens is 7. The van der Waals surface area contributed by atoms with Crippen molar-refractivity contribution < 1.29 is 13.2 Å². The van der Waals surface area contributed by atoms with Crippen molar-refractivity contribution in [3.63, 3.8) is 0 Å². The van der Waals surface area contributed by atoms with E-state index >= 15 is 0 Å². The average Bonchev–Trinajstić information content (AvgIpc) is 2.57. The van der Waals surface area contributed by atoms with Gasteiger partial charge in [-0.2, -0.15) is 13.2 Å². The first-order valence-corrected chi connectivity index (χ1v) is 6.60. The Morgan fingerprint density at radius 3 is 2.05 bits per heavy atom. The van der Waals surface area contributed by atoms with Crippen molar-refractivity contribution in [3.8, 4) is 11.4 Å². The molecule has 0 aliphatic carbocycles. The summed E-state index contributed by atoms with van der Waals surface area (Å²) in [7, 11) is 0. The van der Waals surface area contributed by atoms with Crippen molar-refractivity contribution in [1.29, 1.82) is 0 Å². The lowest BCUT2D eigenvalue weighted by Crippen LogP contribution is -2.06. The maximum atomic E-state index is 12.7. The number of rotatable bonds is 1. The second-order valence-electron chi connectivity index (χ2n) is 3.49. The van der Waals surface area contributed by atoms with Crippen molar-refractivity contribution in [2.24, 2.45) is 0 Å². The van der Waals surface area contributed by atoms with Crippen LogP contribution in [-0.2, 0) is 6.18 Å². The Labute approximate surface area is 129 Å². The van der Waals surface area contributed by atoms with E-state index in [2.05, 4.69) is 25.9 Å². The maximum absolute atomic E-state index is 12.7. The Balaban J connectivity index is 2.61. The zero-order valence-electron chi connectivity index (χ0n) is 8.75.